The van der Waals surface area contributed by atoms with Crippen LogP contribution >= 0.6 is 11.6 Å². The minimum Gasteiger partial charge on any atom is -0.480 e. The Labute approximate surface area is 97.5 Å². The van der Waals surface area contributed by atoms with Crippen LogP contribution in [0.1, 0.15) is 11.6 Å². The van der Waals surface area contributed by atoms with Crippen LogP contribution in [-0.2, 0) is 4.79 Å². The molecule has 1 aromatic rings. The first kappa shape index (κ1) is 12.7. The highest BCUT2D eigenvalue weighted by molar-refractivity contribution is 6.31. The van der Waals surface area contributed by atoms with E-state index >= 15 is 0 Å². The lowest BCUT2D eigenvalue weighted by Crippen LogP contribution is -2.29. The van der Waals surface area contributed by atoms with Gasteiger partial charge in [0.1, 0.15) is 11.9 Å². The molecule has 0 saturated carbocycles. The number of nitrogens with one attached hydrogen (secondary N) is 1. The van der Waals surface area contributed by atoms with E-state index in [1.54, 1.807) is 0 Å². The second-order valence-corrected chi connectivity index (χ2v) is 3.51. The molecule has 0 spiro atoms. The molecule has 2 N–H and O–H groups in total. The molecule has 0 amide bonds. The molecular weight excluding hydrogens is 233 g/mol. The van der Waals surface area contributed by atoms with Gasteiger partial charge in [-0.25, -0.2) is 4.39 Å². The van der Waals surface area contributed by atoms with Crippen molar-refractivity contribution in [2.45, 2.75) is 6.04 Å². The van der Waals surface area contributed by atoms with E-state index in [0.717, 1.165) is 0 Å². The molecule has 86 valence electrons. The molecular formula is C11H11ClFNO2. The number of carbonyl (C=O) groups is 1. The standard InChI is InChI=1S/C11H11ClFNO2/c1-2-6-14-10(11(15)16)9-7(12)4-3-5-8(9)13/h2-5,10,14H,1,6H2,(H,15,16). The van der Waals surface area contributed by atoms with Gasteiger partial charge in [-0.1, -0.05) is 23.7 Å². The zero-order valence-corrected chi connectivity index (χ0v) is 9.17. The van der Waals surface area contributed by atoms with E-state index in [9.17, 15) is 9.18 Å². The van der Waals surface area contributed by atoms with E-state index in [4.69, 9.17) is 16.7 Å². The van der Waals surface area contributed by atoms with Crippen molar-refractivity contribution in [1.29, 1.82) is 0 Å². The lowest BCUT2D eigenvalue weighted by atomic mass is 10.1. The van der Waals surface area contributed by atoms with Crippen LogP contribution in [-0.4, -0.2) is 17.6 Å². The topological polar surface area (TPSA) is 49.3 Å². The van der Waals surface area contributed by atoms with Crippen LogP contribution in [0.15, 0.2) is 30.9 Å². The van der Waals surface area contributed by atoms with E-state index in [2.05, 4.69) is 11.9 Å². The summed E-state index contributed by atoms with van der Waals surface area (Å²) in [6.45, 7) is 3.70. The smallest absolute Gasteiger partial charge is 0.325 e. The van der Waals surface area contributed by atoms with Crippen molar-refractivity contribution < 1.29 is 14.3 Å². The third-order valence-corrected chi connectivity index (χ3v) is 2.33. The van der Waals surface area contributed by atoms with E-state index < -0.39 is 17.8 Å². The van der Waals surface area contributed by atoms with Crippen molar-refractivity contribution in [1.82, 2.24) is 5.32 Å². The first-order valence-corrected chi connectivity index (χ1v) is 4.96. The minimum atomic E-state index is -1.19. The van der Waals surface area contributed by atoms with Crippen LogP contribution in [0.3, 0.4) is 0 Å². The molecule has 0 aliphatic heterocycles. The number of rotatable bonds is 5. The summed E-state index contributed by atoms with van der Waals surface area (Å²) in [6, 6.07) is 2.87. The van der Waals surface area contributed by atoms with Crippen molar-refractivity contribution in [2.75, 3.05) is 6.54 Å². The lowest BCUT2D eigenvalue weighted by Gasteiger charge is -2.15. The van der Waals surface area contributed by atoms with Gasteiger partial charge in [0.15, 0.2) is 0 Å². The maximum atomic E-state index is 13.5. The fourth-order valence-electron chi connectivity index (χ4n) is 1.30. The summed E-state index contributed by atoms with van der Waals surface area (Å²) < 4.78 is 13.5. The first-order chi connectivity index (χ1) is 7.57. The maximum Gasteiger partial charge on any atom is 0.325 e. The maximum absolute atomic E-state index is 13.5. The Balaban J connectivity index is 3.10. The van der Waals surface area contributed by atoms with Gasteiger partial charge in [-0.15, -0.1) is 6.58 Å². The summed E-state index contributed by atoms with van der Waals surface area (Å²) >= 11 is 5.78. The van der Waals surface area contributed by atoms with Gasteiger partial charge in [0.05, 0.1) is 0 Å². The monoisotopic (exact) mass is 243 g/mol. The molecule has 1 rings (SSSR count). The van der Waals surface area contributed by atoms with Crippen LogP contribution in [0.4, 0.5) is 4.39 Å². The molecule has 1 atom stereocenters. The molecule has 3 nitrogen and oxygen atoms in total. The molecule has 1 aromatic carbocycles. The summed E-state index contributed by atoms with van der Waals surface area (Å²) in [5.41, 5.74) is -0.0569. The van der Waals surface area contributed by atoms with E-state index in [-0.39, 0.29) is 17.1 Å². The fraction of sp³-hybridized carbons (Fsp3) is 0.182. The Morgan fingerprint density at radius 2 is 2.38 bits per heavy atom. The molecule has 0 radical (unpaired) electrons. The molecule has 0 aliphatic rings. The largest absolute Gasteiger partial charge is 0.480 e. The van der Waals surface area contributed by atoms with Crippen molar-refractivity contribution in [2.24, 2.45) is 0 Å². The third kappa shape index (κ3) is 2.81. The predicted molar refractivity (Wildman–Crippen MR) is 60.0 cm³/mol. The van der Waals surface area contributed by atoms with Crippen LogP contribution in [0, 0.1) is 5.82 Å². The highest BCUT2D eigenvalue weighted by Gasteiger charge is 2.24. The Morgan fingerprint density at radius 1 is 1.69 bits per heavy atom. The highest BCUT2D eigenvalue weighted by atomic mass is 35.5. The van der Waals surface area contributed by atoms with Gasteiger partial charge >= 0.3 is 5.97 Å². The molecule has 0 fully saturated rings. The zero-order valence-electron chi connectivity index (χ0n) is 8.41. The molecule has 1 unspecified atom stereocenters. The quantitative estimate of drug-likeness (QED) is 0.781. The second kappa shape index (κ2) is 5.63. The lowest BCUT2D eigenvalue weighted by molar-refractivity contribution is -0.139. The summed E-state index contributed by atoms with van der Waals surface area (Å²) in [5.74, 6) is -1.83. The van der Waals surface area contributed by atoms with Crippen LogP contribution in [0.5, 0.6) is 0 Å². The average Bonchev–Trinajstić information content (AvgIpc) is 2.21. The van der Waals surface area contributed by atoms with Crippen molar-refractivity contribution in [3.63, 3.8) is 0 Å². The molecule has 0 saturated heterocycles. The van der Waals surface area contributed by atoms with Crippen molar-refractivity contribution in [3.8, 4) is 0 Å². The van der Waals surface area contributed by atoms with Gasteiger partial charge in [-0.2, -0.15) is 0 Å². The van der Waals surface area contributed by atoms with Gasteiger partial charge in [0.25, 0.3) is 0 Å². The molecule has 0 heterocycles. The van der Waals surface area contributed by atoms with E-state index in [1.807, 2.05) is 0 Å². The molecule has 0 aromatic heterocycles. The Kier molecular flexibility index (Phi) is 4.46. The van der Waals surface area contributed by atoms with E-state index in [0.29, 0.717) is 0 Å². The average molecular weight is 244 g/mol. The highest BCUT2D eigenvalue weighted by Crippen LogP contribution is 2.25. The third-order valence-electron chi connectivity index (χ3n) is 2.00. The Morgan fingerprint density at radius 3 is 2.88 bits per heavy atom. The summed E-state index contributed by atoms with van der Waals surface area (Å²) in [7, 11) is 0. The predicted octanol–water partition coefficient (Wildman–Crippen LogP) is 2.38. The zero-order chi connectivity index (χ0) is 12.1. The van der Waals surface area contributed by atoms with Gasteiger partial charge in [-0.3, -0.25) is 10.1 Å². The normalized spacial score (nSPS) is 12.1. The summed E-state index contributed by atoms with van der Waals surface area (Å²) in [4.78, 5) is 11.0. The number of halogens is 2. The number of aliphatic carboxylic acids is 1. The van der Waals surface area contributed by atoms with Gasteiger partial charge in [-0.05, 0) is 12.1 Å². The molecule has 16 heavy (non-hydrogen) atoms. The number of hydrogen-bond donors (Lipinski definition) is 2. The van der Waals surface area contributed by atoms with Crippen LogP contribution in [0.25, 0.3) is 0 Å². The second-order valence-electron chi connectivity index (χ2n) is 3.10. The summed E-state index contributed by atoms with van der Waals surface area (Å²) in [5, 5.41) is 11.7. The van der Waals surface area contributed by atoms with Crippen LogP contribution < -0.4 is 5.32 Å². The minimum absolute atomic E-state index is 0.0569. The fourth-order valence-corrected chi connectivity index (χ4v) is 1.57. The molecule has 0 aliphatic carbocycles. The van der Waals surface area contributed by atoms with Crippen molar-refractivity contribution in [3.05, 3.63) is 47.3 Å². The molecule has 5 heteroatoms. The summed E-state index contributed by atoms with van der Waals surface area (Å²) in [6.07, 6.45) is 1.49. The van der Waals surface area contributed by atoms with E-state index in [1.165, 1.54) is 24.3 Å². The van der Waals surface area contributed by atoms with Gasteiger partial charge in [0, 0.05) is 17.1 Å². The van der Waals surface area contributed by atoms with Gasteiger partial charge in [0.2, 0.25) is 0 Å². The number of carboxylic acids is 1. The molecule has 0 bridgehead atoms. The number of hydrogen-bond acceptors (Lipinski definition) is 2. The Bertz CT molecular complexity index is 389. The van der Waals surface area contributed by atoms with Gasteiger partial charge < -0.3 is 5.11 Å². The van der Waals surface area contributed by atoms with Crippen molar-refractivity contribution >= 4 is 17.6 Å². The first-order valence-electron chi connectivity index (χ1n) is 4.59. The Hall–Kier alpha value is -1.39. The number of carboxylic acid groups (broad SMARTS) is 1. The van der Waals surface area contributed by atoms with Crippen LogP contribution in [0.2, 0.25) is 5.02 Å². The number of benzene rings is 1. The SMILES string of the molecule is C=CCNC(C(=O)O)c1c(F)cccc1Cl.